The number of aryl methyl sites for hydroxylation is 1. The molecule has 0 fully saturated rings. The number of benzene rings is 1. The molecule has 0 saturated heterocycles. The molecule has 0 radical (unpaired) electrons. The van der Waals surface area contributed by atoms with Crippen LogP contribution in [0.15, 0.2) is 29.1 Å². The summed E-state index contributed by atoms with van der Waals surface area (Å²) in [6, 6.07) is 7.40. The Morgan fingerprint density at radius 2 is 2.04 bits per heavy atom. The SMILES string of the molecule is CCn1nc(-c2nnc3n2CCC(C(=O)OC)C3)c2ccccc2c1=O. The summed E-state index contributed by atoms with van der Waals surface area (Å²) in [6.07, 6.45) is 1.15. The van der Waals surface area contributed by atoms with Crippen LogP contribution in [-0.2, 0) is 29.0 Å². The first-order chi connectivity index (χ1) is 12.6. The highest BCUT2D eigenvalue weighted by Gasteiger charge is 2.29. The summed E-state index contributed by atoms with van der Waals surface area (Å²) in [5.74, 6) is 0.950. The van der Waals surface area contributed by atoms with Crippen molar-refractivity contribution >= 4 is 16.7 Å². The second-order valence-electron chi connectivity index (χ2n) is 6.32. The lowest BCUT2D eigenvalue weighted by Gasteiger charge is -2.21. The number of carbonyl (C=O) groups is 1. The van der Waals surface area contributed by atoms with E-state index < -0.39 is 0 Å². The van der Waals surface area contributed by atoms with E-state index >= 15 is 0 Å². The fourth-order valence-electron chi connectivity index (χ4n) is 3.49. The molecule has 0 saturated carbocycles. The third kappa shape index (κ3) is 2.49. The molecule has 8 nitrogen and oxygen atoms in total. The zero-order chi connectivity index (χ0) is 18.3. The molecule has 8 heteroatoms. The fraction of sp³-hybridized carbons (Fsp3) is 0.389. The largest absolute Gasteiger partial charge is 0.469 e. The fourth-order valence-corrected chi connectivity index (χ4v) is 3.49. The predicted molar refractivity (Wildman–Crippen MR) is 94.5 cm³/mol. The summed E-state index contributed by atoms with van der Waals surface area (Å²) in [6.45, 7) is 2.97. The van der Waals surface area contributed by atoms with Crippen molar-refractivity contribution in [2.75, 3.05) is 7.11 Å². The van der Waals surface area contributed by atoms with Gasteiger partial charge in [-0.1, -0.05) is 18.2 Å². The minimum atomic E-state index is -0.219. The Bertz CT molecular complexity index is 1050. The monoisotopic (exact) mass is 353 g/mol. The van der Waals surface area contributed by atoms with E-state index in [2.05, 4.69) is 15.3 Å². The quantitative estimate of drug-likeness (QED) is 0.661. The lowest BCUT2D eigenvalue weighted by molar-refractivity contribution is -0.146. The Morgan fingerprint density at radius 3 is 2.77 bits per heavy atom. The van der Waals surface area contributed by atoms with E-state index in [1.165, 1.54) is 11.8 Å². The molecule has 3 heterocycles. The highest BCUT2D eigenvalue weighted by Crippen LogP contribution is 2.28. The van der Waals surface area contributed by atoms with Crippen molar-refractivity contribution in [3.63, 3.8) is 0 Å². The van der Waals surface area contributed by atoms with Gasteiger partial charge in [0.2, 0.25) is 0 Å². The smallest absolute Gasteiger partial charge is 0.309 e. The summed E-state index contributed by atoms with van der Waals surface area (Å²) in [5, 5.41) is 14.5. The summed E-state index contributed by atoms with van der Waals surface area (Å²) < 4.78 is 8.28. The van der Waals surface area contributed by atoms with E-state index in [0.29, 0.717) is 42.8 Å². The molecule has 0 amide bonds. The minimum Gasteiger partial charge on any atom is -0.469 e. The Hall–Kier alpha value is -3.03. The highest BCUT2D eigenvalue weighted by molar-refractivity contribution is 5.92. The van der Waals surface area contributed by atoms with Crippen molar-refractivity contribution in [1.82, 2.24) is 24.5 Å². The van der Waals surface area contributed by atoms with Crippen LogP contribution in [-0.4, -0.2) is 37.6 Å². The van der Waals surface area contributed by atoms with Crippen LogP contribution in [0.25, 0.3) is 22.3 Å². The molecule has 0 N–H and O–H groups in total. The zero-order valence-corrected chi connectivity index (χ0v) is 14.7. The van der Waals surface area contributed by atoms with E-state index in [0.717, 1.165) is 11.2 Å². The molecule has 1 aromatic carbocycles. The van der Waals surface area contributed by atoms with Crippen LogP contribution in [0.3, 0.4) is 0 Å². The second-order valence-corrected chi connectivity index (χ2v) is 6.32. The number of hydrogen-bond acceptors (Lipinski definition) is 6. The van der Waals surface area contributed by atoms with Gasteiger partial charge < -0.3 is 9.30 Å². The van der Waals surface area contributed by atoms with Crippen LogP contribution in [0.4, 0.5) is 0 Å². The zero-order valence-electron chi connectivity index (χ0n) is 14.7. The van der Waals surface area contributed by atoms with Crippen LogP contribution in [0, 0.1) is 5.92 Å². The van der Waals surface area contributed by atoms with Gasteiger partial charge in [0.05, 0.1) is 18.4 Å². The summed E-state index contributed by atoms with van der Waals surface area (Å²) >= 11 is 0. The van der Waals surface area contributed by atoms with Gasteiger partial charge in [-0.25, -0.2) is 4.68 Å². The molecular formula is C18H19N5O3. The summed E-state index contributed by atoms with van der Waals surface area (Å²) in [4.78, 5) is 24.3. The predicted octanol–water partition coefficient (Wildman–Crippen LogP) is 1.41. The molecule has 0 bridgehead atoms. The van der Waals surface area contributed by atoms with Crippen LogP contribution in [0.5, 0.6) is 0 Å². The van der Waals surface area contributed by atoms with Crippen molar-refractivity contribution in [1.29, 1.82) is 0 Å². The molecule has 4 rings (SSSR count). The van der Waals surface area contributed by atoms with Crippen LogP contribution < -0.4 is 5.56 Å². The van der Waals surface area contributed by atoms with E-state index in [-0.39, 0.29) is 17.4 Å². The number of aromatic nitrogens is 5. The van der Waals surface area contributed by atoms with Gasteiger partial charge in [-0.05, 0) is 19.4 Å². The molecule has 1 atom stereocenters. The minimum absolute atomic E-state index is 0.115. The molecule has 3 aromatic rings. The number of methoxy groups -OCH3 is 1. The molecular weight excluding hydrogens is 334 g/mol. The van der Waals surface area contributed by atoms with Crippen LogP contribution >= 0.6 is 0 Å². The van der Waals surface area contributed by atoms with E-state index in [1.807, 2.05) is 29.7 Å². The van der Waals surface area contributed by atoms with Gasteiger partial charge in [0, 0.05) is 24.9 Å². The maximum absolute atomic E-state index is 12.5. The number of rotatable bonds is 3. The molecule has 1 unspecified atom stereocenters. The number of nitrogens with zero attached hydrogens (tertiary/aromatic N) is 5. The topological polar surface area (TPSA) is 91.9 Å². The molecule has 0 aliphatic carbocycles. The average molecular weight is 353 g/mol. The lowest BCUT2D eigenvalue weighted by Crippen LogP contribution is -2.27. The van der Waals surface area contributed by atoms with Crippen molar-refractivity contribution in [2.24, 2.45) is 5.92 Å². The summed E-state index contributed by atoms with van der Waals surface area (Å²) in [5.41, 5.74) is 0.522. The van der Waals surface area contributed by atoms with Gasteiger partial charge in [0.1, 0.15) is 11.5 Å². The molecule has 26 heavy (non-hydrogen) atoms. The molecule has 0 spiro atoms. The van der Waals surface area contributed by atoms with Crippen molar-refractivity contribution < 1.29 is 9.53 Å². The maximum atomic E-state index is 12.5. The van der Waals surface area contributed by atoms with Gasteiger partial charge in [0.15, 0.2) is 5.82 Å². The van der Waals surface area contributed by atoms with Crippen LogP contribution in [0.1, 0.15) is 19.2 Å². The van der Waals surface area contributed by atoms with Crippen molar-refractivity contribution in [3.8, 4) is 11.5 Å². The first kappa shape index (κ1) is 16.4. The number of carbonyl (C=O) groups excluding carboxylic acids is 1. The number of hydrogen-bond donors (Lipinski definition) is 0. The van der Waals surface area contributed by atoms with E-state index in [4.69, 9.17) is 4.74 Å². The summed E-state index contributed by atoms with van der Waals surface area (Å²) in [7, 11) is 1.40. The number of esters is 1. The van der Waals surface area contributed by atoms with E-state index in [9.17, 15) is 9.59 Å². The van der Waals surface area contributed by atoms with Gasteiger partial charge in [-0.15, -0.1) is 10.2 Å². The average Bonchev–Trinajstić information content (AvgIpc) is 3.11. The Balaban J connectivity index is 1.86. The Morgan fingerprint density at radius 1 is 1.27 bits per heavy atom. The van der Waals surface area contributed by atoms with Gasteiger partial charge in [-0.3, -0.25) is 9.59 Å². The second kappa shape index (κ2) is 6.36. The highest BCUT2D eigenvalue weighted by atomic mass is 16.5. The number of ether oxygens (including phenoxy) is 1. The van der Waals surface area contributed by atoms with E-state index in [1.54, 1.807) is 6.07 Å². The first-order valence-electron chi connectivity index (χ1n) is 8.64. The molecule has 2 aromatic heterocycles. The van der Waals surface area contributed by atoms with Gasteiger partial charge >= 0.3 is 5.97 Å². The molecule has 1 aliphatic rings. The third-order valence-corrected chi connectivity index (χ3v) is 4.87. The standard InChI is InChI=1S/C18H19N5O3/c1-3-23-17(24)13-7-5-4-6-12(13)15(21-23)16-20-19-14-10-11(18(25)26-2)8-9-22(14)16/h4-7,11H,3,8-10H2,1-2H3. The third-order valence-electron chi connectivity index (χ3n) is 4.87. The molecule has 134 valence electrons. The lowest BCUT2D eigenvalue weighted by atomic mass is 9.98. The Kier molecular flexibility index (Phi) is 4.02. The van der Waals surface area contributed by atoms with Crippen molar-refractivity contribution in [2.45, 2.75) is 32.9 Å². The van der Waals surface area contributed by atoms with Crippen molar-refractivity contribution in [3.05, 3.63) is 40.4 Å². The molecule has 1 aliphatic heterocycles. The van der Waals surface area contributed by atoms with Gasteiger partial charge in [-0.2, -0.15) is 5.10 Å². The van der Waals surface area contributed by atoms with Gasteiger partial charge in [0.25, 0.3) is 5.56 Å². The normalized spacial score (nSPS) is 16.5. The Labute approximate surface area is 149 Å². The number of fused-ring (bicyclic) bond motifs is 2. The maximum Gasteiger partial charge on any atom is 0.309 e. The van der Waals surface area contributed by atoms with Crippen LogP contribution in [0.2, 0.25) is 0 Å². The first-order valence-corrected chi connectivity index (χ1v) is 8.64.